The normalized spacial score (nSPS) is 23.1. The number of amides is 1. The van der Waals surface area contributed by atoms with Gasteiger partial charge in [0.25, 0.3) is 0 Å². The molecule has 1 aliphatic heterocycles. The molecule has 2 unspecified atom stereocenters. The minimum absolute atomic E-state index is 0.109. The Labute approximate surface area is 132 Å². The third kappa shape index (κ3) is 2.12. The highest BCUT2D eigenvalue weighted by atomic mass is 79.9. The molecule has 0 saturated carbocycles. The van der Waals surface area contributed by atoms with Gasteiger partial charge in [-0.2, -0.15) is 0 Å². The fraction of sp³-hybridized carbons (Fsp3) is 0.167. The number of fused-ring (bicyclic) bond motifs is 3. The molecule has 104 valence electrons. The van der Waals surface area contributed by atoms with Gasteiger partial charge in [0.2, 0.25) is 5.91 Å². The molecule has 0 bridgehead atoms. The predicted molar refractivity (Wildman–Crippen MR) is 87.4 cm³/mol. The zero-order chi connectivity index (χ0) is 14.4. The number of hydrogen-bond acceptors (Lipinski definition) is 1. The lowest BCUT2D eigenvalue weighted by Gasteiger charge is -2.28. The van der Waals surface area contributed by atoms with Gasteiger partial charge in [-0.25, -0.2) is 0 Å². The minimum atomic E-state index is 0.109. The van der Waals surface area contributed by atoms with E-state index in [1.807, 2.05) is 12.1 Å². The lowest BCUT2D eigenvalue weighted by molar-refractivity contribution is -0.119. The first-order valence-electron chi connectivity index (χ1n) is 7.08. The molecule has 1 saturated heterocycles. The predicted octanol–water partition coefficient (Wildman–Crippen LogP) is 4.18. The molecule has 1 heterocycles. The average Bonchev–Trinajstić information content (AvgIpc) is 2.89. The van der Waals surface area contributed by atoms with E-state index in [2.05, 4.69) is 63.7 Å². The van der Waals surface area contributed by atoms with Crippen molar-refractivity contribution in [1.29, 1.82) is 0 Å². The fourth-order valence-electron chi connectivity index (χ4n) is 3.37. The molecule has 1 amide bonds. The van der Waals surface area contributed by atoms with Crippen molar-refractivity contribution < 1.29 is 4.79 Å². The Morgan fingerprint density at radius 1 is 1.05 bits per heavy atom. The largest absolute Gasteiger partial charge is 0.349 e. The molecule has 2 atom stereocenters. The summed E-state index contributed by atoms with van der Waals surface area (Å²) in [6.07, 6.45) is 2.81. The molecule has 2 nitrogen and oxygen atoms in total. The van der Waals surface area contributed by atoms with Crippen LogP contribution in [-0.2, 0) is 4.79 Å². The molecule has 0 spiro atoms. The van der Waals surface area contributed by atoms with Crippen LogP contribution in [0.2, 0.25) is 0 Å². The summed E-state index contributed by atoms with van der Waals surface area (Å²) in [5.74, 6) is 0.373. The summed E-state index contributed by atoms with van der Waals surface area (Å²) in [6, 6.07) is 16.8. The van der Waals surface area contributed by atoms with Crippen molar-refractivity contribution in [2.45, 2.75) is 12.5 Å². The topological polar surface area (TPSA) is 29.1 Å². The first-order chi connectivity index (χ1) is 10.2. The van der Waals surface area contributed by atoms with E-state index in [4.69, 9.17) is 0 Å². The number of rotatable bonds is 1. The van der Waals surface area contributed by atoms with E-state index in [0.29, 0.717) is 6.42 Å². The zero-order valence-corrected chi connectivity index (χ0v) is 12.9. The maximum absolute atomic E-state index is 11.9. The van der Waals surface area contributed by atoms with Crippen LogP contribution in [0.5, 0.6) is 0 Å². The van der Waals surface area contributed by atoms with Crippen LogP contribution in [0.25, 0.3) is 11.6 Å². The lowest BCUT2D eigenvalue weighted by Crippen LogP contribution is -2.24. The Morgan fingerprint density at radius 3 is 2.62 bits per heavy atom. The number of nitrogens with one attached hydrogen (secondary N) is 1. The molecule has 0 aromatic heterocycles. The fourth-order valence-corrected chi connectivity index (χ4v) is 3.64. The van der Waals surface area contributed by atoms with Gasteiger partial charge in [-0.15, -0.1) is 0 Å². The summed E-state index contributed by atoms with van der Waals surface area (Å²) in [6.45, 7) is 0. The van der Waals surface area contributed by atoms with E-state index in [1.54, 1.807) is 0 Å². The van der Waals surface area contributed by atoms with E-state index < -0.39 is 0 Å². The van der Waals surface area contributed by atoms with Crippen LogP contribution in [0, 0.1) is 5.92 Å². The Balaban J connectivity index is 1.88. The second-order valence-corrected chi connectivity index (χ2v) is 6.51. The van der Waals surface area contributed by atoms with Crippen molar-refractivity contribution in [2.24, 2.45) is 5.92 Å². The highest BCUT2D eigenvalue weighted by Gasteiger charge is 2.39. The van der Waals surface area contributed by atoms with Crippen LogP contribution in [-0.4, -0.2) is 5.91 Å². The van der Waals surface area contributed by atoms with E-state index in [1.165, 1.54) is 22.3 Å². The summed E-state index contributed by atoms with van der Waals surface area (Å²) in [7, 11) is 0. The SMILES string of the molecule is O=C1CC2C(c3ccc(Br)cc3)=Cc3ccccc3C2N1. The van der Waals surface area contributed by atoms with Gasteiger partial charge in [0.05, 0.1) is 6.04 Å². The molecular weight excluding hydrogens is 326 g/mol. The molecule has 4 rings (SSSR count). The molecule has 1 fully saturated rings. The maximum atomic E-state index is 11.9. The van der Waals surface area contributed by atoms with E-state index in [0.717, 1.165) is 4.47 Å². The number of carbonyl (C=O) groups is 1. The van der Waals surface area contributed by atoms with Gasteiger partial charge in [-0.05, 0) is 34.4 Å². The smallest absolute Gasteiger partial charge is 0.221 e. The van der Waals surface area contributed by atoms with Gasteiger partial charge in [0.15, 0.2) is 0 Å². The van der Waals surface area contributed by atoms with Crippen LogP contribution >= 0.6 is 15.9 Å². The first-order valence-corrected chi connectivity index (χ1v) is 7.87. The molecule has 21 heavy (non-hydrogen) atoms. The Bertz CT molecular complexity index is 748. The third-order valence-corrected chi connectivity index (χ3v) is 4.87. The van der Waals surface area contributed by atoms with Crippen LogP contribution in [0.15, 0.2) is 53.0 Å². The van der Waals surface area contributed by atoms with Gasteiger partial charge in [-0.3, -0.25) is 4.79 Å². The van der Waals surface area contributed by atoms with Crippen molar-refractivity contribution >= 4 is 33.5 Å². The average molecular weight is 340 g/mol. The van der Waals surface area contributed by atoms with Gasteiger partial charge in [-0.1, -0.05) is 58.4 Å². The van der Waals surface area contributed by atoms with Crippen LogP contribution in [0.1, 0.15) is 29.2 Å². The molecule has 1 aliphatic carbocycles. The molecule has 1 N–H and O–H groups in total. The highest BCUT2D eigenvalue weighted by Crippen LogP contribution is 2.45. The lowest BCUT2D eigenvalue weighted by atomic mass is 9.77. The minimum Gasteiger partial charge on any atom is -0.349 e. The summed E-state index contributed by atoms with van der Waals surface area (Å²) < 4.78 is 1.07. The monoisotopic (exact) mass is 339 g/mol. The third-order valence-electron chi connectivity index (χ3n) is 4.34. The second kappa shape index (κ2) is 4.85. The van der Waals surface area contributed by atoms with Crippen LogP contribution in [0.3, 0.4) is 0 Å². The second-order valence-electron chi connectivity index (χ2n) is 5.59. The zero-order valence-electron chi connectivity index (χ0n) is 11.3. The van der Waals surface area contributed by atoms with Crippen LogP contribution in [0.4, 0.5) is 0 Å². The summed E-state index contributed by atoms with van der Waals surface area (Å²) in [5.41, 5.74) is 4.89. The quantitative estimate of drug-likeness (QED) is 0.829. The van der Waals surface area contributed by atoms with E-state index in [-0.39, 0.29) is 17.9 Å². The van der Waals surface area contributed by atoms with Gasteiger partial charge in [0.1, 0.15) is 0 Å². The number of halogens is 1. The van der Waals surface area contributed by atoms with Crippen molar-refractivity contribution in [3.63, 3.8) is 0 Å². The van der Waals surface area contributed by atoms with E-state index in [9.17, 15) is 4.79 Å². The molecule has 3 heteroatoms. The molecule has 2 aliphatic rings. The first kappa shape index (κ1) is 12.8. The Morgan fingerprint density at radius 2 is 1.81 bits per heavy atom. The summed E-state index contributed by atoms with van der Waals surface area (Å²) in [5, 5.41) is 3.13. The number of hydrogen-bond donors (Lipinski definition) is 1. The molecular formula is C18H14BrNO. The van der Waals surface area contributed by atoms with Crippen molar-refractivity contribution in [3.8, 4) is 0 Å². The van der Waals surface area contributed by atoms with Gasteiger partial charge < -0.3 is 5.32 Å². The van der Waals surface area contributed by atoms with Crippen molar-refractivity contribution in [1.82, 2.24) is 5.32 Å². The molecule has 2 aromatic rings. The van der Waals surface area contributed by atoms with Crippen LogP contribution < -0.4 is 5.32 Å². The van der Waals surface area contributed by atoms with Gasteiger partial charge >= 0.3 is 0 Å². The maximum Gasteiger partial charge on any atom is 0.221 e. The summed E-state index contributed by atoms with van der Waals surface area (Å²) in [4.78, 5) is 11.9. The highest BCUT2D eigenvalue weighted by molar-refractivity contribution is 9.10. The summed E-state index contributed by atoms with van der Waals surface area (Å²) >= 11 is 3.48. The molecule has 0 radical (unpaired) electrons. The standard InChI is InChI=1S/C18H14BrNO/c19-13-7-5-11(6-8-13)15-9-12-3-1-2-4-14(12)18-16(15)10-17(21)20-18/h1-9,16,18H,10H2,(H,20,21). The molecule has 2 aromatic carbocycles. The van der Waals surface area contributed by atoms with Crippen molar-refractivity contribution in [3.05, 3.63) is 69.7 Å². The van der Waals surface area contributed by atoms with Crippen molar-refractivity contribution in [2.75, 3.05) is 0 Å². The van der Waals surface area contributed by atoms with E-state index >= 15 is 0 Å². The Hall–Kier alpha value is -1.87. The Kier molecular flexibility index (Phi) is 2.96. The number of benzene rings is 2. The number of carbonyl (C=O) groups excluding carboxylic acids is 1. The van der Waals surface area contributed by atoms with Gasteiger partial charge in [0, 0.05) is 16.8 Å².